The summed E-state index contributed by atoms with van der Waals surface area (Å²) in [5, 5.41) is 3.68. The van der Waals surface area contributed by atoms with Crippen LogP contribution in [0, 0.1) is 11.8 Å². The first-order valence-corrected chi connectivity index (χ1v) is 7.33. The van der Waals surface area contributed by atoms with E-state index in [0.717, 1.165) is 11.8 Å². The lowest BCUT2D eigenvalue weighted by Gasteiger charge is -2.26. The van der Waals surface area contributed by atoms with Crippen molar-refractivity contribution in [2.75, 3.05) is 6.54 Å². The Kier molecular flexibility index (Phi) is 4.45. The van der Waals surface area contributed by atoms with Gasteiger partial charge in [0, 0.05) is 5.54 Å². The highest BCUT2D eigenvalue weighted by Gasteiger charge is 2.27. The molecule has 0 aromatic heterocycles. The van der Waals surface area contributed by atoms with Gasteiger partial charge in [0.15, 0.2) is 0 Å². The van der Waals surface area contributed by atoms with Crippen LogP contribution in [0.25, 0.3) is 0 Å². The van der Waals surface area contributed by atoms with Gasteiger partial charge in [-0.25, -0.2) is 0 Å². The number of hydrogen-bond donors (Lipinski definition) is 1. The predicted molar refractivity (Wildman–Crippen MR) is 78.7 cm³/mol. The molecule has 1 heteroatoms. The number of hydrogen-bond acceptors (Lipinski definition) is 1. The predicted octanol–water partition coefficient (Wildman–Crippen LogP) is 4.03. The molecule has 2 unspecified atom stereocenters. The van der Waals surface area contributed by atoms with Gasteiger partial charge in [-0.15, -0.1) is 0 Å². The van der Waals surface area contributed by atoms with E-state index in [-0.39, 0.29) is 5.54 Å². The van der Waals surface area contributed by atoms with E-state index in [9.17, 15) is 0 Å². The van der Waals surface area contributed by atoms with Gasteiger partial charge in [0.2, 0.25) is 0 Å². The maximum atomic E-state index is 3.68. The molecule has 2 rings (SSSR count). The normalized spacial score (nSPS) is 24.4. The summed E-state index contributed by atoms with van der Waals surface area (Å²) in [6.07, 6.45) is 5.48. The smallest absolute Gasteiger partial charge is 0.00966 e. The van der Waals surface area contributed by atoms with E-state index in [1.54, 1.807) is 0 Å². The molecular weight excluding hydrogens is 218 g/mol. The molecule has 0 bridgehead atoms. The lowest BCUT2D eigenvalue weighted by Crippen LogP contribution is -2.40. The topological polar surface area (TPSA) is 12.0 Å². The molecule has 1 aliphatic rings. The van der Waals surface area contributed by atoms with Gasteiger partial charge in [-0.3, -0.25) is 0 Å². The van der Waals surface area contributed by atoms with Gasteiger partial charge in [-0.2, -0.15) is 0 Å². The van der Waals surface area contributed by atoms with E-state index in [4.69, 9.17) is 0 Å². The molecule has 0 spiro atoms. The fourth-order valence-electron chi connectivity index (χ4n) is 3.01. The molecule has 0 saturated heterocycles. The number of benzene rings is 1. The second-order valence-electron chi connectivity index (χ2n) is 6.77. The highest BCUT2D eigenvalue weighted by molar-refractivity contribution is 5.15. The van der Waals surface area contributed by atoms with Crippen molar-refractivity contribution in [1.82, 2.24) is 5.32 Å². The quantitative estimate of drug-likeness (QED) is 0.844. The third kappa shape index (κ3) is 4.13. The fraction of sp³-hybridized carbons (Fsp3) is 0.647. The van der Waals surface area contributed by atoms with Crippen LogP contribution in [0.3, 0.4) is 0 Å². The summed E-state index contributed by atoms with van der Waals surface area (Å²) >= 11 is 0. The van der Waals surface area contributed by atoms with Gasteiger partial charge >= 0.3 is 0 Å². The monoisotopic (exact) mass is 245 g/mol. The van der Waals surface area contributed by atoms with E-state index in [2.05, 4.69) is 56.4 Å². The Morgan fingerprint density at radius 1 is 1.06 bits per heavy atom. The maximum absolute atomic E-state index is 3.68. The molecule has 1 saturated carbocycles. The maximum Gasteiger partial charge on any atom is 0.00966 e. The summed E-state index contributed by atoms with van der Waals surface area (Å²) in [5.41, 5.74) is 1.75. The zero-order chi connectivity index (χ0) is 13.0. The summed E-state index contributed by atoms with van der Waals surface area (Å²) in [7, 11) is 0. The number of rotatable bonds is 4. The van der Waals surface area contributed by atoms with Crippen molar-refractivity contribution in [2.45, 2.75) is 52.0 Å². The van der Waals surface area contributed by atoms with Gasteiger partial charge in [-0.1, -0.05) is 36.8 Å². The Labute approximate surface area is 112 Å². The van der Waals surface area contributed by atoms with Crippen molar-refractivity contribution in [1.29, 1.82) is 0 Å². The lowest BCUT2D eigenvalue weighted by molar-refractivity contribution is 0.317. The van der Waals surface area contributed by atoms with Crippen LogP contribution in [0.4, 0.5) is 0 Å². The minimum absolute atomic E-state index is 0.250. The van der Waals surface area contributed by atoms with E-state index in [0.29, 0.717) is 0 Å². The van der Waals surface area contributed by atoms with Gasteiger partial charge < -0.3 is 5.32 Å². The first-order valence-electron chi connectivity index (χ1n) is 7.33. The third-order valence-corrected chi connectivity index (χ3v) is 4.05. The van der Waals surface area contributed by atoms with Gasteiger partial charge in [0.25, 0.3) is 0 Å². The van der Waals surface area contributed by atoms with E-state index >= 15 is 0 Å². The molecule has 1 aromatic rings. The Bertz CT molecular complexity index is 350. The van der Waals surface area contributed by atoms with Gasteiger partial charge in [-0.05, 0) is 64.0 Å². The average molecular weight is 245 g/mol. The third-order valence-electron chi connectivity index (χ3n) is 4.05. The molecule has 0 amide bonds. The van der Waals surface area contributed by atoms with Gasteiger partial charge in [0.1, 0.15) is 0 Å². The molecule has 1 aromatic carbocycles. The van der Waals surface area contributed by atoms with Crippen LogP contribution in [-0.2, 0) is 6.42 Å². The Balaban J connectivity index is 1.88. The first kappa shape index (κ1) is 13.6. The summed E-state index contributed by atoms with van der Waals surface area (Å²) in [6.45, 7) is 7.96. The summed E-state index contributed by atoms with van der Waals surface area (Å²) in [4.78, 5) is 0. The number of nitrogens with one attached hydrogen (secondary N) is 1. The fourth-order valence-corrected chi connectivity index (χ4v) is 3.01. The van der Waals surface area contributed by atoms with E-state index < -0.39 is 0 Å². The molecular formula is C17H27N. The average Bonchev–Trinajstić information content (AvgIpc) is 2.74. The zero-order valence-corrected chi connectivity index (χ0v) is 12.1. The second-order valence-corrected chi connectivity index (χ2v) is 6.77. The van der Waals surface area contributed by atoms with Crippen molar-refractivity contribution in [2.24, 2.45) is 11.8 Å². The zero-order valence-electron chi connectivity index (χ0n) is 12.1. The van der Waals surface area contributed by atoms with Crippen LogP contribution in [0.1, 0.15) is 45.6 Å². The largest absolute Gasteiger partial charge is 0.312 e. The molecule has 1 N–H and O–H groups in total. The minimum atomic E-state index is 0.250. The SMILES string of the molecule is CC(C)(C)NCC1CCCC1Cc1ccccc1. The van der Waals surface area contributed by atoms with Crippen molar-refractivity contribution in [3.63, 3.8) is 0 Å². The molecule has 1 fully saturated rings. The van der Waals surface area contributed by atoms with Crippen molar-refractivity contribution in [3.8, 4) is 0 Å². The summed E-state index contributed by atoms with van der Waals surface area (Å²) in [6, 6.07) is 11.0. The van der Waals surface area contributed by atoms with E-state index in [1.165, 1.54) is 37.8 Å². The van der Waals surface area contributed by atoms with Crippen molar-refractivity contribution < 1.29 is 0 Å². The summed E-state index contributed by atoms with van der Waals surface area (Å²) < 4.78 is 0. The van der Waals surface area contributed by atoms with Crippen molar-refractivity contribution in [3.05, 3.63) is 35.9 Å². The molecule has 18 heavy (non-hydrogen) atoms. The molecule has 0 aliphatic heterocycles. The highest BCUT2D eigenvalue weighted by atomic mass is 14.9. The Hall–Kier alpha value is -0.820. The van der Waals surface area contributed by atoms with Crippen LogP contribution < -0.4 is 5.32 Å². The van der Waals surface area contributed by atoms with Crippen LogP contribution in [0.15, 0.2) is 30.3 Å². The lowest BCUT2D eigenvalue weighted by atomic mass is 9.89. The van der Waals surface area contributed by atoms with Crippen LogP contribution >= 0.6 is 0 Å². The van der Waals surface area contributed by atoms with E-state index in [1.807, 2.05) is 0 Å². The standard InChI is InChI=1S/C17H27N/c1-17(2,3)18-13-16-11-7-10-15(16)12-14-8-5-4-6-9-14/h4-6,8-9,15-16,18H,7,10-13H2,1-3H3. The molecule has 0 radical (unpaired) electrons. The minimum Gasteiger partial charge on any atom is -0.312 e. The Morgan fingerprint density at radius 2 is 1.72 bits per heavy atom. The molecule has 2 atom stereocenters. The molecule has 1 aliphatic carbocycles. The highest BCUT2D eigenvalue weighted by Crippen LogP contribution is 2.34. The molecule has 1 nitrogen and oxygen atoms in total. The molecule has 100 valence electrons. The van der Waals surface area contributed by atoms with Crippen molar-refractivity contribution >= 4 is 0 Å². The second kappa shape index (κ2) is 5.88. The Morgan fingerprint density at radius 3 is 2.39 bits per heavy atom. The summed E-state index contributed by atoms with van der Waals surface area (Å²) in [5.74, 6) is 1.74. The van der Waals surface area contributed by atoms with Crippen LogP contribution in [0.5, 0.6) is 0 Å². The molecule has 0 heterocycles. The van der Waals surface area contributed by atoms with Crippen LogP contribution in [0.2, 0.25) is 0 Å². The van der Waals surface area contributed by atoms with Crippen LogP contribution in [-0.4, -0.2) is 12.1 Å². The van der Waals surface area contributed by atoms with Gasteiger partial charge in [0.05, 0.1) is 0 Å². The first-order chi connectivity index (χ1) is 8.54.